The molecule has 0 bridgehead atoms. The van der Waals surface area contributed by atoms with Gasteiger partial charge in [0, 0.05) is 36.5 Å². The van der Waals surface area contributed by atoms with Crippen LogP contribution in [0.25, 0.3) is 0 Å². The van der Waals surface area contributed by atoms with Crippen molar-refractivity contribution < 1.29 is 13.2 Å². The fraction of sp³-hybridized carbons (Fsp3) is 0.500. The molecule has 7 heteroatoms. The molecule has 1 aromatic carbocycles. The first-order chi connectivity index (χ1) is 8.93. The Hall–Kier alpha value is -0.630. The highest BCUT2D eigenvalue weighted by Crippen LogP contribution is 2.26. The molecule has 0 unspecified atom stereocenters. The van der Waals surface area contributed by atoms with Crippen molar-refractivity contribution in [1.29, 1.82) is 0 Å². The minimum Gasteiger partial charge on any atom is -0.398 e. The summed E-state index contributed by atoms with van der Waals surface area (Å²) < 4.78 is 32.4. The highest BCUT2D eigenvalue weighted by molar-refractivity contribution is 9.10. The van der Waals surface area contributed by atoms with Gasteiger partial charge < -0.3 is 10.5 Å². The minimum absolute atomic E-state index is 0.0105. The normalized spacial score (nSPS) is 17.8. The molecule has 1 fully saturated rings. The van der Waals surface area contributed by atoms with E-state index in [1.807, 2.05) is 0 Å². The molecule has 0 spiro atoms. The summed E-state index contributed by atoms with van der Waals surface area (Å²) in [7, 11) is -1.89. The zero-order valence-electron chi connectivity index (χ0n) is 10.7. The monoisotopic (exact) mass is 348 g/mol. The quantitative estimate of drug-likeness (QED) is 0.845. The standard InChI is InChI=1S/C12H17BrN2O3S/c1-15(9-4-6-18-7-5-9)19(16,17)10-2-3-11(13)12(14)8-10/h2-3,8-9H,4-7,14H2,1H3. The fourth-order valence-electron chi connectivity index (χ4n) is 2.09. The van der Waals surface area contributed by atoms with E-state index in [2.05, 4.69) is 15.9 Å². The van der Waals surface area contributed by atoms with Crippen molar-refractivity contribution in [3.05, 3.63) is 22.7 Å². The molecule has 2 rings (SSSR count). The summed E-state index contributed by atoms with van der Waals surface area (Å²) in [5.41, 5.74) is 6.16. The van der Waals surface area contributed by atoms with Crippen LogP contribution in [0.15, 0.2) is 27.6 Å². The number of ether oxygens (including phenoxy) is 1. The van der Waals surface area contributed by atoms with E-state index in [0.29, 0.717) is 23.4 Å². The van der Waals surface area contributed by atoms with Gasteiger partial charge in [-0.2, -0.15) is 4.31 Å². The second kappa shape index (κ2) is 5.78. The predicted molar refractivity (Wildman–Crippen MR) is 77.3 cm³/mol. The van der Waals surface area contributed by atoms with Gasteiger partial charge in [-0.3, -0.25) is 0 Å². The SMILES string of the molecule is CN(C1CCOCC1)S(=O)(=O)c1ccc(Br)c(N)c1. The number of anilines is 1. The zero-order valence-corrected chi connectivity index (χ0v) is 13.1. The van der Waals surface area contributed by atoms with Crippen molar-refractivity contribution >= 4 is 31.6 Å². The van der Waals surface area contributed by atoms with Gasteiger partial charge in [0.25, 0.3) is 0 Å². The molecule has 1 aliphatic heterocycles. The number of nitrogens with zero attached hydrogens (tertiary/aromatic N) is 1. The summed E-state index contributed by atoms with van der Waals surface area (Å²) in [6, 6.07) is 4.68. The van der Waals surface area contributed by atoms with Crippen LogP contribution in [0.1, 0.15) is 12.8 Å². The van der Waals surface area contributed by atoms with E-state index in [9.17, 15) is 8.42 Å². The molecular formula is C12H17BrN2O3S. The first-order valence-electron chi connectivity index (χ1n) is 6.03. The van der Waals surface area contributed by atoms with Crippen LogP contribution < -0.4 is 5.73 Å². The first-order valence-corrected chi connectivity index (χ1v) is 8.27. The van der Waals surface area contributed by atoms with Crippen molar-refractivity contribution in [2.24, 2.45) is 0 Å². The van der Waals surface area contributed by atoms with Crippen molar-refractivity contribution in [3.8, 4) is 0 Å². The molecule has 1 aliphatic rings. The molecule has 0 aromatic heterocycles. The van der Waals surface area contributed by atoms with Crippen LogP contribution in [0.3, 0.4) is 0 Å². The topological polar surface area (TPSA) is 72.6 Å². The highest BCUT2D eigenvalue weighted by Gasteiger charge is 2.29. The van der Waals surface area contributed by atoms with E-state index < -0.39 is 10.0 Å². The van der Waals surface area contributed by atoms with Gasteiger partial charge in [-0.15, -0.1) is 0 Å². The highest BCUT2D eigenvalue weighted by atomic mass is 79.9. The van der Waals surface area contributed by atoms with Crippen LogP contribution >= 0.6 is 15.9 Å². The van der Waals surface area contributed by atoms with E-state index in [0.717, 1.165) is 12.8 Å². The first kappa shape index (κ1) is 14.8. The van der Waals surface area contributed by atoms with Crippen molar-refractivity contribution in [3.63, 3.8) is 0 Å². The van der Waals surface area contributed by atoms with Crippen LogP contribution in [0.5, 0.6) is 0 Å². The second-order valence-electron chi connectivity index (χ2n) is 4.55. The van der Waals surface area contributed by atoms with Gasteiger partial charge in [0.1, 0.15) is 0 Å². The summed E-state index contributed by atoms with van der Waals surface area (Å²) >= 11 is 3.26. The fourth-order valence-corrected chi connectivity index (χ4v) is 3.79. The zero-order chi connectivity index (χ0) is 14.0. The van der Waals surface area contributed by atoms with Gasteiger partial charge in [-0.05, 0) is 47.0 Å². The smallest absolute Gasteiger partial charge is 0.243 e. The third-order valence-electron chi connectivity index (χ3n) is 3.35. The molecule has 1 aromatic rings. The van der Waals surface area contributed by atoms with Gasteiger partial charge in [-0.25, -0.2) is 8.42 Å². The number of nitrogen functional groups attached to an aromatic ring is 1. The second-order valence-corrected chi connectivity index (χ2v) is 7.40. The molecule has 0 atom stereocenters. The van der Waals surface area contributed by atoms with E-state index in [1.165, 1.54) is 10.4 Å². The number of benzene rings is 1. The Morgan fingerprint density at radius 3 is 2.58 bits per heavy atom. The Morgan fingerprint density at radius 2 is 2.00 bits per heavy atom. The Bertz CT molecular complexity index is 556. The van der Waals surface area contributed by atoms with E-state index in [1.54, 1.807) is 19.2 Å². The molecular weight excluding hydrogens is 332 g/mol. The van der Waals surface area contributed by atoms with Crippen LogP contribution in [-0.4, -0.2) is 39.0 Å². The number of rotatable bonds is 3. The van der Waals surface area contributed by atoms with Gasteiger partial charge in [-0.1, -0.05) is 0 Å². The minimum atomic E-state index is -3.50. The third-order valence-corrected chi connectivity index (χ3v) is 5.98. The molecule has 1 heterocycles. The largest absolute Gasteiger partial charge is 0.398 e. The Labute approximate surface area is 121 Å². The summed E-state index contributed by atoms with van der Waals surface area (Å²) in [4.78, 5) is 0.224. The number of hydrogen-bond donors (Lipinski definition) is 1. The van der Waals surface area contributed by atoms with Crippen molar-refractivity contribution in [2.75, 3.05) is 26.0 Å². The molecule has 106 valence electrons. The van der Waals surface area contributed by atoms with Crippen molar-refractivity contribution in [1.82, 2.24) is 4.31 Å². The molecule has 0 amide bonds. The maximum Gasteiger partial charge on any atom is 0.243 e. The molecule has 1 saturated heterocycles. The Morgan fingerprint density at radius 1 is 1.37 bits per heavy atom. The molecule has 0 saturated carbocycles. The summed E-state index contributed by atoms with van der Waals surface area (Å²) in [5.74, 6) is 0. The summed E-state index contributed by atoms with van der Waals surface area (Å²) in [6.07, 6.45) is 1.45. The Balaban J connectivity index is 2.27. The van der Waals surface area contributed by atoms with Gasteiger partial charge in [0.2, 0.25) is 10.0 Å². The molecule has 2 N–H and O–H groups in total. The lowest BCUT2D eigenvalue weighted by molar-refractivity contribution is 0.0632. The molecule has 19 heavy (non-hydrogen) atoms. The molecule has 5 nitrogen and oxygen atoms in total. The number of nitrogens with two attached hydrogens (primary N) is 1. The van der Waals surface area contributed by atoms with E-state index in [-0.39, 0.29) is 10.9 Å². The Kier molecular flexibility index (Phi) is 4.50. The molecule has 0 radical (unpaired) electrons. The van der Waals surface area contributed by atoms with Crippen LogP contribution in [0.4, 0.5) is 5.69 Å². The van der Waals surface area contributed by atoms with Crippen LogP contribution in [-0.2, 0) is 14.8 Å². The van der Waals surface area contributed by atoms with Crippen molar-refractivity contribution in [2.45, 2.75) is 23.8 Å². The van der Waals surface area contributed by atoms with E-state index >= 15 is 0 Å². The maximum absolute atomic E-state index is 12.5. The van der Waals surface area contributed by atoms with Gasteiger partial charge >= 0.3 is 0 Å². The van der Waals surface area contributed by atoms with E-state index in [4.69, 9.17) is 10.5 Å². The molecule has 0 aliphatic carbocycles. The van der Waals surface area contributed by atoms with Crippen LogP contribution in [0.2, 0.25) is 0 Å². The van der Waals surface area contributed by atoms with Gasteiger partial charge in [0.05, 0.1) is 4.90 Å². The number of halogens is 1. The van der Waals surface area contributed by atoms with Crippen LogP contribution in [0, 0.1) is 0 Å². The average molecular weight is 349 g/mol. The lowest BCUT2D eigenvalue weighted by atomic mass is 10.1. The van der Waals surface area contributed by atoms with Gasteiger partial charge in [0.15, 0.2) is 0 Å². The predicted octanol–water partition coefficient (Wildman–Crippen LogP) is 1.83. The third kappa shape index (κ3) is 3.10. The maximum atomic E-state index is 12.5. The number of sulfonamides is 1. The lowest BCUT2D eigenvalue weighted by Gasteiger charge is -2.30. The summed E-state index contributed by atoms with van der Waals surface area (Å²) in [5, 5.41) is 0. The summed E-state index contributed by atoms with van der Waals surface area (Å²) in [6.45, 7) is 1.21. The average Bonchev–Trinajstić information content (AvgIpc) is 2.41. The number of hydrogen-bond acceptors (Lipinski definition) is 4. The lowest BCUT2D eigenvalue weighted by Crippen LogP contribution is -2.40.